The Kier molecular flexibility index (Phi) is 7.44. The van der Waals surface area contributed by atoms with Crippen molar-refractivity contribution in [3.8, 4) is 17.6 Å². The van der Waals surface area contributed by atoms with Crippen LogP contribution in [0.3, 0.4) is 0 Å². The summed E-state index contributed by atoms with van der Waals surface area (Å²) in [5, 5.41) is 12.6. The number of thiazole rings is 1. The van der Waals surface area contributed by atoms with Crippen molar-refractivity contribution in [3.63, 3.8) is 0 Å². The van der Waals surface area contributed by atoms with Gasteiger partial charge in [0, 0.05) is 33.4 Å². The van der Waals surface area contributed by atoms with Crippen molar-refractivity contribution in [2.24, 2.45) is 0 Å². The summed E-state index contributed by atoms with van der Waals surface area (Å²) in [5.74, 6) is 0.752. The summed E-state index contributed by atoms with van der Waals surface area (Å²) in [6.07, 6.45) is 4.08. The van der Waals surface area contributed by atoms with Crippen molar-refractivity contribution in [2.75, 3.05) is 33.7 Å². The van der Waals surface area contributed by atoms with E-state index in [1.807, 2.05) is 12.1 Å². The van der Waals surface area contributed by atoms with Gasteiger partial charge in [0.1, 0.15) is 10.7 Å². The van der Waals surface area contributed by atoms with Gasteiger partial charge in [-0.1, -0.05) is 6.07 Å². The summed E-state index contributed by atoms with van der Waals surface area (Å²) < 4.78 is 23.6. The molecule has 3 heterocycles. The molecule has 2 aliphatic heterocycles. The van der Waals surface area contributed by atoms with Gasteiger partial charge in [-0.2, -0.15) is 5.26 Å². The molecule has 2 aliphatic rings. The van der Waals surface area contributed by atoms with Crippen molar-refractivity contribution in [1.29, 1.82) is 5.26 Å². The molecule has 1 aromatic heterocycles. The molecule has 33 heavy (non-hydrogen) atoms. The van der Waals surface area contributed by atoms with Crippen LogP contribution in [-0.2, 0) is 20.8 Å². The van der Waals surface area contributed by atoms with Crippen molar-refractivity contribution < 1.29 is 23.7 Å². The second kappa shape index (κ2) is 10.7. The summed E-state index contributed by atoms with van der Waals surface area (Å²) in [7, 11) is 1.58. The molecule has 0 unspecified atom stereocenters. The number of nitrogens with one attached hydrogen (secondary N) is 1. The summed E-state index contributed by atoms with van der Waals surface area (Å²) >= 11 is 1.12. The number of methoxy groups -OCH3 is 1. The predicted molar refractivity (Wildman–Crippen MR) is 121 cm³/mol. The first-order chi connectivity index (χ1) is 16.1. The number of rotatable bonds is 8. The van der Waals surface area contributed by atoms with Gasteiger partial charge in [0.25, 0.3) is 11.5 Å². The van der Waals surface area contributed by atoms with Crippen LogP contribution in [0.15, 0.2) is 23.0 Å². The van der Waals surface area contributed by atoms with Gasteiger partial charge in [-0.05, 0) is 43.0 Å². The third-order valence-electron chi connectivity index (χ3n) is 5.40. The number of nitriles is 1. The highest BCUT2D eigenvalue weighted by Gasteiger charge is 2.20. The minimum absolute atomic E-state index is 0.0453. The minimum atomic E-state index is -0.510. The Balaban J connectivity index is 1.72. The Hall–Kier alpha value is -3.13. The molecule has 9 nitrogen and oxygen atoms in total. The quantitative estimate of drug-likeness (QED) is 0.557. The maximum atomic E-state index is 13.2. The Bertz CT molecular complexity index is 1240. The van der Waals surface area contributed by atoms with E-state index < -0.39 is 5.91 Å². The molecule has 0 bridgehead atoms. The second-order valence-electron chi connectivity index (χ2n) is 7.66. The minimum Gasteiger partial charge on any atom is -0.454 e. The number of benzene rings is 1. The first kappa shape index (κ1) is 23.0. The Morgan fingerprint density at radius 1 is 1.39 bits per heavy atom. The van der Waals surface area contributed by atoms with E-state index in [4.69, 9.17) is 18.9 Å². The standard InChI is InChI=1S/C23H25N3O6S/c1-29-8-3-7-26-22(28)20(11-15-5-6-18-19(10-15)32-14-31-18)33-23(26)17(12-24)21(27)25-13-16-4-2-9-30-16/h5-6,10-11,16H,2-4,7-9,13-14H2,1H3,(H,25,27)/b20-11-,23-17-/t16-/m1/s1. The van der Waals surface area contributed by atoms with Gasteiger partial charge in [-0.3, -0.25) is 14.2 Å². The van der Waals surface area contributed by atoms with E-state index in [9.17, 15) is 14.9 Å². The van der Waals surface area contributed by atoms with Crippen LogP contribution >= 0.6 is 11.3 Å². The fourth-order valence-electron chi connectivity index (χ4n) is 3.73. The zero-order valence-electron chi connectivity index (χ0n) is 18.3. The molecule has 174 valence electrons. The van der Waals surface area contributed by atoms with Crippen LogP contribution in [-0.4, -0.2) is 50.2 Å². The lowest BCUT2D eigenvalue weighted by molar-refractivity contribution is -0.116. The van der Waals surface area contributed by atoms with Gasteiger partial charge in [-0.25, -0.2) is 0 Å². The van der Waals surface area contributed by atoms with Gasteiger partial charge in [0.15, 0.2) is 17.1 Å². The molecule has 4 rings (SSSR count). The Morgan fingerprint density at radius 2 is 2.24 bits per heavy atom. The lowest BCUT2D eigenvalue weighted by Crippen LogP contribution is -2.37. The number of carbonyl (C=O) groups excluding carboxylic acids is 1. The lowest BCUT2D eigenvalue weighted by Gasteiger charge is -2.10. The van der Waals surface area contributed by atoms with Crippen LogP contribution in [0.4, 0.5) is 0 Å². The molecule has 1 amide bonds. The largest absolute Gasteiger partial charge is 0.454 e. The molecule has 0 radical (unpaired) electrons. The summed E-state index contributed by atoms with van der Waals surface area (Å²) in [4.78, 5) is 26.0. The van der Waals surface area contributed by atoms with E-state index >= 15 is 0 Å². The van der Waals surface area contributed by atoms with Crippen molar-refractivity contribution >= 4 is 28.9 Å². The van der Waals surface area contributed by atoms with E-state index in [0.717, 1.165) is 29.7 Å². The van der Waals surface area contributed by atoms with E-state index in [2.05, 4.69) is 5.32 Å². The molecular formula is C23H25N3O6S. The van der Waals surface area contributed by atoms with Crippen molar-refractivity contribution in [1.82, 2.24) is 9.88 Å². The van der Waals surface area contributed by atoms with Gasteiger partial charge >= 0.3 is 0 Å². The molecule has 1 N–H and O–H groups in total. The maximum absolute atomic E-state index is 13.2. The average Bonchev–Trinajstić information content (AvgIpc) is 3.56. The number of carbonyl (C=O) groups is 1. The molecule has 1 saturated heterocycles. The van der Waals surface area contributed by atoms with Gasteiger partial charge in [0.05, 0.1) is 10.6 Å². The second-order valence-corrected chi connectivity index (χ2v) is 8.69. The van der Waals surface area contributed by atoms with Crippen LogP contribution in [0.5, 0.6) is 11.5 Å². The van der Waals surface area contributed by atoms with Gasteiger partial charge < -0.3 is 24.3 Å². The van der Waals surface area contributed by atoms with Crippen molar-refractivity contribution in [3.05, 3.63) is 43.3 Å². The number of aromatic nitrogens is 1. The van der Waals surface area contributed by atoms with Crippen molar-refractivity contribution in [2.45, 2.75) is 31.9 Å². The summed E-state index contributed by atoms with van der Waals surface area (Å²) in [6.45, 7) is 1.96. The van der Waals surface area contributed by atoms with Gasteiger partial charge in [0.2, 0.25) is 6.79 Å². The van der Waals surface area contributed by atoms with Crippen LogP contribution in [0.1, 0.15) is 24.8 Å². The molecule has 1 atom stereocenters. The maximum Gasteiger partial charge on any atom is 0.269 e. The van der Waals surface area contributed by atoms with Crippen LogP contribution in [0.25, 0.3) is 11.6 Å². The lowest BCUT2D eigenvalue weighted by atomic mass is 10.2. The Morgan fingerprint density at radius 3 is 3.00 bits per heavy atom. The van der Waals surface area contributed by atoms with Gasteiger partial charge in [-0.15, -0.1) is 11.3 Å². The highest BCUT2D eigenvalue weighted by molar-refractivity contribution is 7.07. The fourth-order valence-corrected chi connectivity index (χ4v) is 4.85. The average molecular weight is 472 g/mol. The molecular weight excluding hydrogens is 446 g/mol. The highest BCUT2D eigenvalue weighted by Crippen LogP contribution is 2.32. The summed E-state index contributed by atoms with van der Waals surface area (Å²) in [5.41, 5.74) is 0.413. The highest BCUT2D eigenvalue weighted by atomic mass is 32.1. The van der Waals surface area contributed by atoms with E-state index in [1.165, 1.54) is 4.57 Å². The van der Waals surface area contributed by atoms with E-state index in [1.54, 1.807) is 25.3 Å². The normalized spacial score (nSPS) is 18.3. The fraction of sp³-hybridized carbons (Fsp3) is 0.435. The number of ether oxygens (including phenoxy) is 4. The molecule has 2 aromatic rings. The first-order valence-corrected chi connectivity index (χ1v) is 11.6. The zero-order valence-corrected chi connectivity index (χ0v) is 19.1. The first-order valence-electron chi connectivity index (χ1n) is 10.7. The molecule has 1 fully saturated rings. The van der Waals surface area contributed by atoms with Crippen LogP contribution < -0.4 is 29.5 Å². The number of hydrogen-bond donors (Lipinski definition) is 1. The van der Waals surface area contributed by atoms with E-state index in [-0.39, 0.29) is 24.0 Å². The monoisotopic (exact) mass is 471 g/mol. The van der Waals surface area contributed by atoms with Crippen LogP contribution in [0.2, 0.25) is 0 Å². The molecule has 0 aliphatic carbocycles. The summed E-state index contributed by atoms with van der Waals surface area (Å²) in [6, 6.07) is 7.39. The number of hydrogen-bond acceptors (Lipinski definition) is 8. The smallest absolute Gasteiger partial charge is 0.269 e. The Labute approximate surface area is 194 Å². The third kappa shape index (κ3) is 5.27. The van der Waals surface area contributed by atoms with Crippen LogP contribution in [0, 0.1) is 11.3 Å². The third-order valence-corrected chi connectivity index (χ3v) is 6.53. The molecule has 0 saturated carbocycles. The van der Waals surface area contributed by atoms with E-state index in [0.29, 0.717) is 53.4 Å². The predicted octanol–water partition coefficient (Wildman–Crippen LogP) is 0.473. The molecule has 0 spiro atoms. The SMILES string of the molecule is COCCCn1c(=O)/c(=C/c2ccc3c(c2)OCO3)s/c1=C(/C#N)C(=O)NC[C@H]1CCCO1. The number of nitrogens with zero attached hydrogens (tertiary/aromatic N) is 2. The molecule has 1 aromatic carbocycles. The zero-order chi connectivity index (χ0) is 23.2. The molecule has 10 heteroatoms. The number of amides is 1. The number of fused-ring (bicyclic) bond motifs is 1. The topological polar surface area (TPSA) is 112 Å².